The second-order valence-corrected chi connectivity index (χ2v) is 5.62. The summed E-state index contributed by atoms with van der Waals surface area (Å²) >= 11 is 7.67. The summed E-state index contributed by atoms with van der Waals surface area (Å²) in [5.74, 6) is 0.584. The van der Waals surface area contributed by atoms with Crippen molar-refractivity contribution in [1.29, 1.82) is 5.26 Å². The van der Waals surface area contributed by atoms with E-state index in [4.69, 9.17) is 16.9 Å². The average molecular weight is 240 g/mol. The molecule has 0 bridgehead atoms. The Balaban J connectivity index is 2.96. The summed E-state index contributed by atoms with van der Waals surface area (Å²) in [7, 11) is 0. The van der Waals surface area contributed by atoms with Crippen molar-refractivity contribution >= 4 is 23.4 Å². The second-order valence-electron chi connectivity index (χ2n) is 3.79. The first-order chi connectivity index (χ1) is 7.06. The van der Waals surface area contributed by atoms with Gasteiger partial charge in [0.1, 0.15) is 6.07 Å². The molecular weight excluding hydrogens is 226 g/mol. The number of thioether (sulfide) groups is 1. The van der Waals surface area contributed by atoms with Gasteiger partial charge >= 0.3 is 0 Å². The molecule has 0 saturated heterocycles. The van der Waals surface area contributed by atoms with Gasteiger partial charge in [-0.1, -0.05) is 38.4 Å². The van der Waals surface area contributed by atoms with Gasteiger partial charge in [-0.05, 0) is 18.1 Å². The van der Waals surface area contributed by atoms with Gasteiger partial charge < -0.3 is 0 Å². The third-order valence-electron chi connectivity index (χ3n) is 2.34. The van der Waals surface area contributed by atoms with Gasteiger partial charge in [0.2, 0.25) is 0 Å². The van der Waals surface area contributed by atoms with Crippen molar-refractivity contribution in [2.24, 2.45) is 5.92 Å². The van der Waals surface area contributed by atoms with E-state index in [0.717, 1.165) is 4.90 Å². The van der Waals surface area contributed by atoms with Gasteiger partial charge in [-0.2, -0.15) is 5.26 Å². The molecule has 0 aliphatic rings. The zero-order valence-electron chi connectivity index (χ0n) is 9.12. The minimum Gasteiger partial charge on any atom is -0.192 e. The molecule has 0 spiro atoms. The van der Waals surface area contributed by atoms with Gasteiger partial charge in [0, 0.05) is 10.1 Å². The maximum atomic E-state index is 9.00. The highest BCUT2D eigenvalue weighted by Gasteiger charge is 2.13. The minimum absolute atomic E-state index is 0.482. The van der Waals surface area contributed by atoms with Gasteiger partial charge in [0.25, 0.3) is 0 Å². The highest BCUT2D eigenvalue weighted by Crippen LogP contribution is 2.33. The SMILES string of the molecule is CC(C)C(C)Sc1cccc(Cl)c1C#N. The number of rotatable bonds is 3. The first kappa shape index (κ1) is 12.4. The molecular formula is C12H14ClNS. The summed E-state index contributed by atoms with van der Waals surface area (Å²) in [6.07, 6.45) is 0. The number of hydrogen-bond acceptors (Lipinski definition) is 2. The molecule has 1 rings (SSSR count). The molecule has 0 aliphatic heterocycles. The quantitative estimate of drug-likeness (QED) is 0.733. The van der Waals surface area contributed by atoms with E-state index in [2.05, 4.69) is 26.8 Å². The zero-order valence-corrected chi connectivity index (χ0v) is 10.7. The summed E-state index contributed by atoms with van der Waals surface area (Å²) in [6.45, 7) is 6.51. The van der Waals surface area contributed by atoms with Crippen molar-refractivity contribution in [3.63, 3.8) is 0 Å². The predicted molar refractivity (Wildman–Crippen MR) is 66.3 cm³/mol. The summed E-state index contributed by atoms with van der Waals surface area (Å²) in [4.78, 5) is 0.978. The lowest BCUT2D eigenvalue weighted by atomic mass is 10.2. The lowest BCUT2D eigenvalue weighted by Crippen LogP contribution is -2.05. The van der Waals surface area contributed by atoms with Crippen LogP contribution in [0, 0.1) is 17.2 Å². The average Bonchev–Trinajstić information content (AvgIpc) is 2.18. The van der Waals surface area contributed by atoms with Crippen LogP contribution < -0.4 is 0 Å². The molecule has 0 aromatic heterocycles. The highest BCUT2D eigenvalue weighted by atomic mass is 35.5. The molecule has 1 atom stereocenters. The normalized spacial score (nSPS) is 12.5. The summed E-state index contributed by atoms with van der Waals surface area (Å²) in [5, 5.41) is 10.0. The molecule has 0 heterocycles. The Kier molecular flexibility index (Phi) is 4.50. The fourth-order valence-electron chi connectivity index (χ4n) is 1.05. The van der Waals surface area contributed by atoms with Crippen LogP contribution >= 0.6 is 23.4 Å². The van der Waals surface area contributed by atoms with E-state index in [9.17, 15) is 0 Å². The summed E-state index contributed by atoms with van der Waals surface area (Å²) in [6, 6.07) is 7.75. The summed E-state index contributed by atoms with van der Waals surface area (Å²) < 4.78 is 0. The van der Waals surface area contributed by atoms with Crippen molar-refractivity contribution in [3.8, 4) is 6.07 Å². The standard InChI is InChI=1S/C12H14ClNS/c1-8(2)9(3)15-12-6-4-5-11(13)10(12)7-14/h4-6,8-9H,1-3H3. The molecule has 1 aromatic rings. The fraction of sp³-hybridized carbons (Fsp3) is 0.417. The monoisotopic (exact) mass is 239 g/mol. The molecule has 1 nitrogen and oxygen atoms in total. The Morgan fingerprint density at radius 1 is 1.33 bits per heavy atom. The minimum atomic E-state index is 0.482. The molecule has 1 unspecified atom stereocenters. The van der Waals surface area contributed by atoms with Crippen LogP contribution in [0.15, 0.2) is 23.1 Å². The van der Waals surface area contributed by atoms with Crippen molar-refractivity contribution in [1.82, 2.24) is 0 Å². The maximum absolute atomic E-state index is 9.00. The largest absolute Gasteiger partial charge is 0.192 e. The molecule has 0 saturated carbocycles. The molecule has 0 fully saturated rings. The third-order valence-corrected chi connectivity index (χ3v) is 4.16. The van der Waals surface area contributed by atoms with Crippen LogP contribution in [-0.2, 0) is 0 Å². The highest BCUT2D eigenvalue weighted by molar-refractivity contribution is 8.00. The van der Waals surface area contributed by atoms with Crippen LogP contribution in [0.3, 0.4) is 0 Å². The van der Waals surface area contributed by atoms with E-state index in [1.54, 1.807) is 17.8 Å². The van der Waals surface area contributed by atoms with Crippen LogP contribution in [0.4, 0.5) is 0 Å². The Morgan fingerprint density at radius 2 is 2.00 bits per heavy atom. The van der Waals surface area contributed by atoms with Gasteiger partial charge in [-0.15, -0.1) is 11.8 Å². The second kappa shape index (κ2) is 5.44. The molecule has 0 radical (unpaired) electrons. The molecule has 0 N–H and O–H groups in total. The zero-order chi connectivity index (χ0) is 11.4. The fourth-order valence-corrected chi connectivity index (χ4v) is 2.42. The number of halogens is 1. The number of benzene rings is 1. The van der Waals surface area contributed by atoms with Crippen molar-refractivity contribution in [2.75, 3.05) is 0 Å². The first-order valence-corrected chi connectivity index (χ1v) is 6.17. The van der Waals surface area contributed by atoms with E-state index in [-0.39, 0.29) is 0 Å². The number of nitrogens with zero attached hydrogens (tertiary/aromatic N) is 1. The topological polar surface area (TPSA) is 23.8 Å². The smallest absolute Gasteiger partial charge is 0.102 e. The van der Waals surface area contributed by atoms with Crippen molar-refractivity contribution in [3.05, 3.63) is 28.8 Å². The number of hydrogen-bond donors (Lipinski definition) is 0. The Hall–Kier alpha value is -0.650. The van der Waals surface area contributed by atoms with E-state index in [0.29, 0.717) is 21.8 Å². The van der Waals surface area contributed by atoms with Crippen molar-refractivity contribution in [2.45, 2.75) is 30.9 Å². The van der Waals surface area contributed by atoms with Crippen LogP contribution in [0.25, 0.3) is 0 Å². The van der Waals surface area contributed by atoms with E-state index < -0.39 is 0 Å². The molecule has 3 heteroatoms. The van der Waals surface area contributed by atoms with E-state index in [1.165, 1.54) is 0 Å². The van der Waals surface area contributed by atoms with Gasteiger partial charge in [0.15, 0.2) is 0 Å². The molecule has 80 valence electrons. The predicted octanol–water partition coefficient (Wildman–Crippen LogP) is 4.35. The van der Waals surface area contributed by atoms with Crippen LogP contribution in [-0.4, -0.2) is 5.25 Å². The maximum Gasteiger partial charge on any atom is 0.102 e. The summed E-state index contributed by atoms with van der Waals surface area (Å²) in [5.41, 5.74) is 0.594. The van der Waals surface area contributed by atoms with Gasteiger partial charge in [-0.3, -0.25) is 0 Å². The van der Waals surface area contributed by atoms with Crippen LogP contribution in [0.1, 0.15) is 26.3 Å². The molecule has 15 heavy (non-hydrogen) atoms. The van der Waals surface area contributed by atoms with Crippen LogP contribution in [0.2, 0.25) is 5.02 Å². The lowest BCUT2D eigenvalue weighted by Gasteiger charge is -2.15. The van der Waals surface area contributed by atoms with Crippen LogP contribution in [0.5, 0.6) is 0 Å². The molecule has 0 aliphatic carbocycles. The molecule has 0 amide bonds. The Morgan fingerprint density at radius 3 is 2.53 bits per heavy atom. The van der Waals surface area contributed by atoms with E-state index in [1.807, 2.05) is 12.1 Å². The third kappa shape index (κ3) is 3.15. The number of nitriles is 1. The Bertz CT molecular complexity index is 382. The van der Waals surface area contributed by atoms with Gasteiger partial charge in [-0.25, -0.2) is 0 Å². The lowest BCUT2D eigenvalue weighted by molar-refractivity contribution is 0.642. The van der Waals surface area contributed by atoms with Crippen molar-refractivity contribution < 1.29 is 0 Å². The first-order valence-electron chi connectivity index (χ1n) is 4.91. The Labute approximate surface area is 100 Å². The van der Waals surface area contributed by atoms with Gasteiger partial charge in [0.05, 0.1) is 10.6 Å². The molecule has 1 aromatic carbocycles. The van der Waals surface area contributed by atoms with E-state index >= 15 is 0 Å².